The van der Waals surface area contributed by atoms with Gasteiger partial charge >= 0.3 is 6.03 Å². The van der Waals surface area contributed by atoms with Crippen molar-refractivity contribution in [2.45, 2.75) is 64.4 Å². The van der Waals surface area contributed by atoms with Crippen LogP contribution < -0.4 is 15.0 Å². The number of aromatic nitrogens is 1. The molecule has 5 aliphatic rings. The molecule has 7 nitrogen and oxygen atoms in total. The number of anilines is 1. The van der Waals surface area contributed by atoms with Crippen LogP contribution in [-0.4, -0.2) is 22.4 Å². The summed E-state index contributed by atoms with van der Waals surface area (Å²) in [4.78, 5) is 40.9. The Balaban J connectivity index is 1.01. The van der Waals surface area contributed by atoms with Crippen LogP contribution in [0.2, 0.25) is 0 Å². The fourth-order valence-electron chi connectivity index (χ4n) is 9.25. The molecular weight excluding hydrogens is 666 g/mol. The number of nitrogens with one attached hydrogen (secondary N) is 1. The van der Waals surface area contributed by atoms with Crippen molar-refractivity contribution in [2.24, 2.45) is 17.8 Å². The van der Waals surface area contributed by atoms with Gasteiger partial charge in [-0.2, -0.15) is 0 Å². The van der Waals surface area contributed by atoms with Gasteiger partial charge in [-0.1, -0.05) is 40.2 Å². The topological polar surface area (TPSA) is 80.6 Å². The van der Waals surface area contributed by atoms with E-state index in [1.54, 1.807) is 6.08 Å². The van der Waals surface area contributed by atoms with Gasteiger partial charge in [0, 0.05) is 21.5 Å². The minimum absolute atomic E-state index is 0.0725. The maximum atomic E-state index is 13.8. The first-order valence-electron chi connectivity index (χ1n) is 16.8. The molecule has 0 spiro atoms. The zero-order chi connectivity index (χ0) is 33.2. The van der Waals surface area contributed by atoms with Crippen molar-refractivity contribution < 1.29 is 19.1 Å². The average molecular weight is 705 g/mol. The van der Waals surface area contributed by atoms with Gasteiger partial charge in [-0.25, -0.2) is 9.69 Å². The molecule has 4 bridgehead atoms. The van der Waals surface area contributed by atoms with Crippen molar-refractivity contribution in [1.29, 1.82) is 0 Å². The molecule has 48 heavy (non-hydrogen) atoms. The minimum Gasteiger partial charge on any atom is -0.489 e. The number of carbonyl (C=O) groups excluding carboxylic acids is 3. The number of amides is 4. The number of carbonyl (C=O) groups is 3. The van der Waals surface area contributed by atoms with Gasteiger partial charge in [0.15, 0.2) is 0 Å². The van der Waals surface area contributed by atoms with Crippen molar-refractivity contribution >= 4 is 45.5 Å². The van der Waals surface area contributed by atoms with Crippen LogP contribution in [0.5, 0.6) is 5.75 Å². The number of hydrogen-bond donors (Lipinski definition) is 1. The highest BCUT2D eigenvalue weighted by Gasteiger charge is 2.51. The number of rotatable bonds is 7. The summed E-state index contributed by atoms with van der Waals surface area (Å²) in [6.07, 6.45) is 9.44. The zero-order valence-electron chi connectivity index (χ0n) is 27.2. The van der Waals surface area contributed by atoms with E-state index < -0.39 is 17.8 Å². The second-order valence-corrected chi connectivity index (χ2v) is 15.2. The van der Waals surface area contributed by atoms with Gasteiger partial charge in [0.1, 0.15) is 17.9 Å². The molecule has 244 valence electrons. The number of imide groups is 2. The van der Waals surface area contributed by atoms with E-state index in [1.807, 2.05) is 80.6 Å². The summed E-state index contributed by atoms with van der Waals surface area (Å²) in [5.74, 6) is 1.92. The predicted octanol–water partition coefficient (Wildman–Crippen LogP) is 8.57. The molecule has 8 heteroatoms. The monoisotopic (exact) mass is 703 g/mol. The number of hydrogen-bond acceptors (Lipinski definition) is 4. The average Bonchev–Trinajstić information content (AvgIpc) is 3.34. The number of nitrogens with zero attached hydrogens (tertiary/aromatic N) is 2. The van der Waals surface area contributed by atoms with Crippen molar-refractivity contribution in [3.63, 3.8) is 0 Å². The molecule has 4 saturated carbocycles. The van der Waals surface area contributed by atoms with Crippen LogP contribution in [0.25, 0.3) is 11.8 Å². The maximum Gasteiger partial charge on any atom is 0.335 e. The van der Waals surface area contributed by atoms with E-state index in [2.05, 4.69) is 37.9 Å². The highest BCUT2D eigenvalue weighted by atomic mass is 79.9. The molecule has 1 N–H and O–H groups in total. The summed E-state index contributed by atoms with van der Waals surface area (Å²) in [5, 5.41) is 2.39. The van der Waals surface area contributed by atoms with Gasteiger partial charge in [0.2, 0.25) is 0 Å². The normalized spacial score (nSPS) is 25.6. The summed E-state index contributed by atoms with van der Waals surface area (Å²) in [5.41, 5.74) is 6.49. The van der Waals surface area contributed by atoms with Crippen LogP contribution in [0.3, 0.4) is 0 Å². The lowest BCUT2D eigenvalue weighted by atomic mass is 9.48. The van der Waals surface area contributed by atoms with E-state index in [9.17, 15) is 14.4 Å². The second kappa shape index (κ2) is 11.9. The number of ether oxygens (including phenoxy) is 1. The summed E-state index contributed by atoms with van der Waals surface area (Å²) in [6, 6.07) is 25.0. The fraction of sp³-hybridized carbons (Fsp3) is 0.325. The number of aryl methyl sites for hydroxylation is 1. The Morgan fingerprint density at radius 1 is 0.833 bits per heavy atom. The highest BCUT2D eigenvalue weighted by Crippen LogP contribution is 2.60. The largest absolute Gasteiger partial charge is 0.489 e. The molecule has 9 rings (SSSR count). The number of benzene rings is 3. The van der Waals surface area contributed by atoms with Crippen molar-refractivity contribution in [3.8, 4) is 11.4 Å². The van der Waals surface area contributed by atoms with Crippen LogP contribution >= 0.6 is 15.9 Å². The SMILES string of the molecule is Cc1cc(/C=C2\C(=O)NC(=O)N(c3ccc(C45CC6CC(CC(C6)C4)C5)cc3)C2=O)c(C)n1-c1ccc(OCc2ccc(Br)cc2)cc1. The van der Waals surface area contributed by atoms with Crippen molar-refractivity contribution in [1.82, 2.24) is 9.88 Å². The second-order valence-electron chi connectivity index (χ2n) is 14.3. The Morgan fingerprint density at radius 3 is 2.06 bits per heavy atom. The van der Waals surface area contributed by atoms with E-state index in [-0.39, 0.29) is 11.0 Å². The molecule has 3 aromatic carbocycles. The molecule has 0 atom stereocenters. The first-order chi connectivity index (χ1) is 23.2. The molecule has 4 aliphatic carbocycles. The lowest BCUT2D eigenvalue weighted by molar-refractivity contribution is -0.122. The van der Waals surface area contributed by atoms with Gasteiger partial charge in [-0.15, -0.1) is 0 Å². The van der Waals surface area contributed by atoms with Crippen LogP contribution in [0.1, 0.15) is 66.6 Å². The summed E-state index contributed by atoms with van der Waals surface area (Å²) in [7, 11) is 0. The van der Waals surface area contributed by atoms with Crippen molar-refractivity contribution in [2.75, 3.05) is 4.90 Å². The number of halogens is 1. The third kappa shape index (κ3) is 5.50. The van der Waals surface area contributed by atoms with E-state index in [4.69, 9.17) is 4.74 Å². The third-order valence-corrected chi connectivity index (χ3v) is 11.6. The fourth-order valence-corrected chi connectivity index (χ4v) is 9.51. The summed E-state index contributed by atoms with van der Waals surface area (Å²) < 4.78 is 9.08. The first kappa shape index (κ1) is 30.9. The lowest BCUT2D eigenvalue weighted by Crippen LogP contribution is -2.54. The number of urea groups is 1. The Morgan fingerprint density at radius 2 is 1.44 bits per heavy atom. The molecule has 1 aromatic heterocycles. The first-order valence-corrected chi connectivity index (χ1v) is 17.6. The third-order valence-electron chi connectivity index (χ3n) is 11.1. The highest BCUT2D eigenvalue weighted by molar-refractivity contribution is 9.10. The molecule has 0 unspecified atom stereocenters. The molecule has 4 amide bonds. The van der Waals surface area contributed by atoms with Crippen LogP contribution in [0, 0.1) is 31.6 Å². The molecule has 1 aliphatic heterocycles. The molecule has 2 heterocycles. The van der Waals surface area contributed by atoms with E-state index >= 15 is 0 Å². The van der Waals surface area contributed by atoms with Gasteiger partial charge in [-0.3, -0.25) is 14.9 Å². The predicted molar refractivity (Wildman–Crippen MR) is 189 cm³/mol. The smallest absolute Gasteiger partial charge is 0.335 e. The van der Waals surface area contributed by atoms with Gasteiger partial charge < -0.3 is 9.30 Å². The van der Waals surface area contributed by atoms with Crippen LogP contribution in [-0.2, 0) is 21.6 Å². The van der Waals surface area contributed by atoms with Gasteiger partial charge in [0.25, 0.3) is 11.8 Å². The van der Waals surface area contributed by atoms with Crippen LogP contribution in [0.4, 0.5) is 10.5 Å². The molecule has 4 aromatic rings. The van der Waals surface area contributed by atoms with E-state index in [0.29, 0.717) is 12.3 Å². The zero-order valence-corrected chi connectivity index (χ0v) is 28.8. The van der Waals surface area contributed by atoms with E-state index in [0.717, 1.165) is 61.1 Å². The van der Waals surface area contributed by atoms with Crippen molar-refractivity contribution in [3.05, 3.63) is 117 Å². The standard InChI is InChI=1S/C40H38BrN3O4/c1-24-15-30(25(2)43(24)33-11-13-35(14-12-33)48-23-26-3-7-32(41)8-4-26)19-36-37(45)42-39(47)44(38(36)46)34-9-5-31(6-10-34)40-20-27-16-28(21-40)18-29(17-27)22-40/h3-15,19,27-29H,16-18,20-23H2,1-2H3,(H,42,45,47)/b36-19+. The summed E-state index contributed by atoms with van der Waals surface area (Å²) >= 11 is 3.46. The maximum absolute atomic E-state index is 13.8. The molecule has 5 fully saturated rings. The summed E-state index contributed by atoms with van der Waals surface area (Å²) in [6.45, 7) is 4.40. The minimum atomic E-state index is -0.724. The quantitative estimate of drug-likeness (QED) is 0.155. The lowest BCUT2D eigenvalue weighted by Gasteiger charge is -2.57. The Labute approximate surface area is 289 Å². The van der Waals surface area contributed by atoms with Gasteiger partial charge in [0.05, 0.1) is 5.69 Å². The van der Waals surface area contributed by atoms with E-state index in [1.165, 1.54) is 44.1 Å². The molecule has 1 saturated heterocycles. The number of barbiturate groups is 1. The molecule has 0 radical (unpaired) electrons. The van der Waals surface area contributed by atoms with Crippen LogP contribution in [0.15, 0.2) is 88.9 Å². The molecular formula is C40H38BrN3O4. The Kier molecular flexibility index (Phi) is 7.67. The van der Waals surface area contributed by atoms with Gasteiger partial charge in [-0.05, 0) is 153 Å². The Bertz CT molecular complexity index is 1920. The Hall–Kier alpha value is -4.43.